The van der Waals surface area contributed by atoms with Gasteiger partial charge in [-0.2, -0.15) is 30.0 Å². The molecule has 0 saturated carbocycles. The highest BCUT2D eigenvalue weighted by molar-refractivity contribution is 7.99. The summed E-state index contributed by atoms with van der Waals surface area (Å²) in [6, 6.07) is 3.35. The Morgan fingerprint density at radius 3 is 2.67 bits per heavy atom. The number of carbonyl (C=O) groups is 1. The molecule has 3 aliphatic rings. The second kappa shape index (κ2) is 10.1. The first-order valence-corrected chi connectivity index (χ1v) is 14.3. The first kappa shape index (κ1) is 26.1. The van der Waals surface area contributed by atoms with Crippen molar-refractivity contribution >= 4 is 34.1 Å². The maximum Gasteiger partial charge on any atom is 0.416 e. The van der Waals surface area contributed by atoms with Crippen molar-refractivity contribution in [3.05, 3.63) is 71.0 Å². The summed E-state index contributed by atoms with van der Waals surface area (Å²) in [6.07, 6.45) is 2.95. The zero-order valence-corrected chi connectivity index (χ0v) is 22.6. The molecule has 39 heavy (non-hydrogen) atoms. The number of benzene rings is 1. The van der Waals surface area contributed by atoms with Crippen molar-refractivity contribution in [2.45, 2.75) is 39.2 Å². The Labute approximate surface area is 228 Å². The van der Waals surface area contributed by atoms with Crippen molar-refractivity contribution in [3.63, 3.8) is 0 Å². The number of carbonyl (C=O) groups excluding carboxylic acids is 1. The number of aromatic nitrogens is 4. The van der Waals surface area contributed by atoms with Crippen LogP contribution in [0.15, 0.2) is 42.6 Å². The van der Waals surface area contributed by atoms with E-state index < -0.39 is 11.7 Å². The third-order valence-electron chi connectivity index (χ3n) is 7.76. The molecule has 0 radical (unpaired) electrons. The van der Waals surface area contributed by atoms with Crippen LogP contribution in [0.25, 0.3) is 16.5 Å². The highest BCUT2D eigenvalue weighted by Crippen LogP contribution is 2.33. The maximum absolute atomic E-state index is 13.7. The third-order valence-corrected chi connectivity index (χ3v) is 8.70. The number of allylic oxidation sites excluding steroid dienone is 2. The first-order chi connectivity index (χ1) is 18.7. The van der Waals surface area contributed by atoms with Crippen LogP contribution in [0.3, 0.4) is 0 Å². The van der Waals surface area contributed by atoms with Gasteiger partial charge in [0.2, 0.25) is 0 Å². The van der Waals surface area contributed by atoms with Crippen LogP contribution < -0.4 is 0 Å². The predicted molar refractivity (Wildman–Crippen MR) is 145 cm³/mol. The number of fused-ring (bicyclic) bond motifs is 2. The Balaban J connectivity index is 1.19. The van der Waals surface area contributed by atoms with E-state index in [4.69, 9.17) is 5.10 Å². The number of rotatable bonds is 4. The minimum absolute atomic E-state index is 0.000880. The van der Waals surface area contributed by atoms with E-state index in [0.29, 0.717) is 35.5 Å². The third kappa shape index (κ3) is 4.98. The van der Waals surface area contributed by atoms with Gasteiger partial charge in [0, 0.05) is 60.4 Å². The van der Waals surface area contributed by atoms with Gasteiger partial charge in [0.25, 0.3) is 5.91 Å². The average Bonchev–Trinajstić information content (AvgIpc) is 3.24. The molecule has 0 spiro atoms. The van der Waals surface area contributed by atoms with Crippen LogP contribution in [0.1, 0.15) is 40.1 Å². The smallest absolute Gasteiger partial charge is 0.328 e. The van der Waals surface area contributed by atoms with E-state index in [-0.39, 0.29) is 17.9 Å². The molecule has 2 aromatic heterocycles. The molecule has 1 amide bonds. The Morgan fingerprint density at radius 1 is 1.13 bits per heavy atom. The SMILES string of the molecule is Cc1c(CN2CCSCC2)nn2c1C(=O)N(C1C=CC(c3ncc4cc(C(F)(F)F)ccc4n3)=CC1C)CC2. The normalized spacial score (nSPS) is 22.3. The summed E-state index contributed by atoms with van der Waals surface area (Å²) >= 11 is 1.97. The molecule has 4 heterocycles. The summed E-state index contributed by atoms with van der Waals surface area (Å²) in [5, 5.41) is 5.14. The minimum Gasteiger partial charge on any atom is -0.328 e. The summed E-state index contributed by atoms with van der Waals surface area (Å²) in [6.45, 7) is 8.14. The molecule has 0 bridgehead atoms. The van der Waals surface area contributed by atoms with Crippen molar-refractivity contribution in [1.82, 2.24) is 29.5 Å². The molecule has 7 nitrogen and oxygen atoms in total. The van der Waals surface area contributed by atoms with Gasteiger partial charge in [-0.1, -0.05) is 25.2 Å². The monoisotopic (exact) mass is 554 g/mol. The number of alkyl halides is 3. The van der Waals surface area contributed by atoms with Gasteiger partial charge in [-0.05, 0) is 31.0 Å². The molecule has 2 atom stereocenters. The van der Waals surface area contributed by atoms with E-state index in [9.17, 15) is 18.0 Å². The lowest BCUT2D eigenvalue weighted by molar-refractivity contribution is -0.137. The van der Waals surface area contributed by atoms with Crippen LogP contribution in [-0.2, 0) is 19.3 Å². The van der Waals surface area contributed by atoms with Gasteiger partial charge in [0.05, 0.1) is 29.4 Å². The van der Waals surface area contributed by atoms with Crippen molar-refractivity contribution in [2.75, 3.05) is 31.1 Å². The fourth-order valence-electron chi connectivity index (χ4n) is 5.58. The number of hydrogen-bond donors (Lipinski definition) is 0. The average molecular weight is 555 g/mol. The van der Waals surface area contributed by atoms with Gasteiger partial charge in [-0.3, -0.25) is 14.4 Å². The van der Waals surface area contributed by atoms with E-state index in [1.54, 1.807) is 0 Å². The predicted octanol–water partition coefficient (Wildman–Crippen LogP) is 4.82. The van der Waals surface area contributed by atoms with Crippen LogP contribution in [0, 0.1) is 12.8 Å². The number of amides is 1. The van der Waals surface area contributed by atoms with E-state index >= 15 is 0 Å². The Hall–Kier alpha value is -3.18. The molecule has 0 N–H and O–H groups in total. The minimum atomic E-state index is -4.41. The van der Waals surface area contributed by atoms with Gasteiger partial charge in [0.15, 0.2) is 5.82 Å². The molecule has 1 fully saturated rings. The van der Waals surface area contributed by atoms with E-state index in [0.717, 1.165) is 60.1 Å². The van der Waals surface area contributed by atoms with Gasteiger partial charge in [-0.15, -0.1) is 0 Å². The highest BCUT2D eigenvalue weighted by atomic mass is 32.2. The summed E-state index contributed by atoms with van der Waals surface area (Å²) in [4.78, 5) is 26.8. The summed E-state index contributed by atoms with van der Waals surface area (Å²) < 4.78 is 41.0. The van der Waals surface area contributed by atoms with Crippen LogP contribution in [0.4, 0.5) is 13.2 Å². The molecule has 6 rings (SSSR count). The Kier molecular flexibility index (Phi) is 6.74. The molecular formula is C28H29F3N6OS. The lowest BCUT2D eigenvalue weighted by atomic mass is 9.90. The standard InChI is InChI=1S/C28H29F3N6OS/c1-17-13-19(26-32-15-20-14-21(28(29,30)31)4-5-22(20)33-26)3-6-24(17)36-7-8-37-25(27(36)38)18(2)23(34-37)16-35-9-11-39-12-10-35/h3-6,13-15,17,24H,7-12,16H2,1-2H3. The van der Waals surface area contributed by atoms with E-state index in [2.05, 4.69) is 21.8 Å². The zero-order chi connectivity index (χ0) is 27.3. The van der Waals surface area contributed by atoms with E-state index in [1.807, 2.05) is 46.5 Å². The molecule has 1 aromatic carbocycles. The van der Waals surface area contributed by atoms with Crippen LogP contribution in [0.2, 0.25) is 0 Å². The fraction of sp³-hybridized carbons (Fsp3) is 0.429. The Morgan fingerprint density at radius 2 is 1.92 bits per heavy atom. The molecule has 1 saturated heterocycles. The fourth-order valence-corrected chi connectivity index (χ4v) is 6.56. The Bertz CT molecular complexity index is 1490. The quantitative estimate of drug-likeness (QED) is 0.461. The lowest BCUT2D eigenvalue weighted by Gasteiger charge is -2.37. The van der Waals surface area contributed by atoms with Crippen molar-refractivity contribution in [2.24, 2.45) is 5.92 Å². The summed E-state index contributed by atoms with van der Waals surface area (Å²) in [7, 11) is 0. The highest BCUT2D eigenvalue weighted by Gasteiger charge is 2.36. The van der Waals surface area contributed by atoms with Crippen molar-refractivity contribution in [1.29, 1.82) is 0 Å². The second-order valence-electron chi connectivity index (χ2n) is 10.3. The maximum atomic E-state index is 13.7. The number of halogens is 3. The number of thioether (sulfide) groups is 1. The molecule has 2 aliphatic heterocycles. The molecule has 204 valence electrons. The number of nitrogens with zero attached hydrogens (tertiary/aromatic N) is 6. The van der Waals surface area contributed by atoms with Crippen molar-refractivity contribution < 1.29 is 18.0 Å². The first-order valence-electron chi connectivity index (χ1n) is 13.1. The molecule has 2 unspecified atom stereocenters. The molecule has 3 aromatic rings. The van der Waals surface area contributed by atoms with Gasteiger partial charge in [-0.25, -0.2) is 9.97 Å². The van der Waals surface area contributed by atoms with Gasteiger partial charge in [0.1, 0.15) is 5.69 Å². The topological polar surface area (TPSA) is 67.2 Å². The van der Waals surface area contributed by atoms with Gasteiger partial charge >= 0.3 is 6.18 Å². The van der Waals surface area contributed by atoms with Crippen molar-refractivity contribution in [3.8, 4) is 0 Å². The molecular weight excluding hydrogens is 525 g/mol. The second-order valence-corrected chi connectivity index (χ2v) is 11.6. The summed E-state index contributed by atoms with van der Waals surface area (Å²) in [5.74, 6) is 2.70. The van der Waals surface area contributed by atoms with E-state index in [1.165, 1.54) is 12.3 Å². The zero-order valence-electron chi connectivity index (χ0n) is 21.8. The molecule has 11 heteroatoms. The lowest BCUT2D eigenvalue weighted by Crippen LogP contribution is -2.48. The van der Waals surface area contributed by atoms with Crippen LogP contribution >= 0.6 is 11.8 Å². The van der Waals surface area contributed by atoms with Crippen LogP contribution in [0.5, 0.6) is 0 Å². The largest absolute Gasteiger partial charge is 0.416 e. The van der Waals surface area contributed by atoms with Crippen LogP contribution in [-0.4, -0.2) is 72.6 Å². The molecule has 1 aliphatic carbocycles. The summed E-state index contributed by atoms with van der Waals surface area (Å²) in [5.41, 5.74) is 3.13. The van der Waals surface area contributed by atoms with Gasteiger partial charge < -0.3 is 4.90 Å². The number of hydrogen-bond acceptors (Lipinski definition) is 6.